The van der Waals surface area contributed by atoms with Crippen molar-refractivity contribution in [2.24, 2.45) is 28.9 Å². The maximum Gasteiger partial charge on any atom is 0.0821 e. The molecule has 4 bridgehead atoms. The lowest BCUT2D eigenvalue weighted by Crippen LogP contribution is -2.48. The summed E-state index contributed by atoms with van der Waals surface area (Å²) in [5.41, 5.74) is 8.30. The van der Waals surface area contributed by atoms with Gasteiger partial charge in [-0.1, -0.05) is 49.5 Å². The van der Waals surface area contributed by atoms with E-state index in [1.54, 1.807) is 5.56 Å². The van der Waals surface area contributed by atoms with Crippen LogP contribution in [0.15, 0.2) is 30.3 Å². The third-order valence-electron chi connectivity index (χ3n) is 8.58. The monoisotopic (exact) mass is 368 g/mol. The van der Waals surface area contributed by atoms with Crippen LogP contribution in [0.4, 0.5) is 0 Å². The molecular weight excluding hydrogens is 336 g/mol. The molecule has 0 saturated heterocycles. The van der Waals surface area contributed by atoms with Gasteiger partial charge in [0.25, 0.3) is 0 Å². The minimum Gasteiger partial charge on any atom is -0.376 e. The fourth-order valence-corrected chi connectivity index (χ4v) is 7.77. The van der Waals surface area contributed by atoms with Crippen molar-refractivity contribution in [3.05, 3.63) is 35.9 Å². The van der Waals surface area contributed by atoms with Gasteiger partial charge >= 0.3 is 0 Å². The average molecular weight is 369 g/mol. The highest BCUT2D eigenvalue weighted by molar-refractivity contribution is 7.80. The number of benzene rings is 1. The molecule has 1 aromatic rings. The number of hydrogen-bond acceptors (Lipinski definition) is 2. The van der Waals surface area contributed by atoms with Gasteiger partial charge in [-0.25, -0.2) is 0 Å². The van der Waals surface area contributed by atoms with Gasteiger partial charge in [0, 0.05) is 17.5 Å². The normalized spacial score (nSPS) is 46.5. The van der Waals surface area contributed by atoms with E-state index < -0.39 is 0 Å². The lowest BCUT2D eigenvalue weighted by molar-refractivity contribution is 0.174. The Balaban J connectivity index is 1.41. The van der Waals surface area contributed by atoms with Gasteiger partial charge in [-0.05, 0) is 80.1 Å². The van der Waals surface area contributed by atoms with Gasteiger partial charge in [0.15, 0.2) is 0 Å². The molecule has 5 unspecified atom stereocenters. The summed E-state index contributed by atoms with van der Waals surface area (Å²) >= 11 is 6.14. The maximum atomic E-state index is 6.14. The fourth-order valence-electron chi connectivity index (χ4n) is 7.30. The van der Waals surface area contributed by atoms with Crippen molar-refractivity contribution in [1.82, 2.24) is 5.32 Å². The number of rotatable bonds is 3. The van der Waals surface area contributed by atoms with E-state index in [4.69, 9.17) is 18.0 Å². The molecule has 0 aromatic heterocycles. The standard InChI is InChI=1S/C23H32N2S/c1-15-16-11-22(17-5-3-2-4-6-17)13-20(15)23(12-16,14-22)21(26)25-19-9-7-18(24)8-10-19/h2-6,15-16,18-20H,7-14,24H2,1H3,(H,25,26). The van der Waals surface area contributed by atoms with Gasteiger partial charge < -0.3 is 11.1 Å². The quantitative estimate of drug-likeness (QED) is 0.768. The molecule has 3 heteroatoms. The Kier molecular flexibility index (Phi) is 3.99. The molecule has 26 heavy (non-hydrogen) atoms. The first-order valence-electron chi connectivity index (χ1n) is 10.6. The highest BCUT2D eigenvalue weighted by Gasteiger charge is 2.68. The zero-order valence-corrected chi connectivity index (χ0v) is 16.7. The molecule has 1 aromatic carbocycles. The molecule has 0 aliphatic heterocycles. The Morgan fingerprint density at radius 2 is 1.81 bits per heavy atom. The molecule has 5 atom stereocenters. The molecule has 0 heterocycles. The summed E-state index contributed by atoms with van der Waals surface area (Å²) < 4.78 is 0. The Labute approximate surface area is 163 Å². The molecule has 5 saturated carbocycles. The lowest BCUT2D eigenvalue weighted by Gasteiger charge is -2.43. The topological polar surface area (TPSA) is 38.0 Å². The van der Waals surface area contributed by atoms with Crippen molar-refractivity contribution in [2.75, 3.05) is 0 Å². The average Bonchev–Trinajstić information content (AvgIpc) is 3.02. The van der Waals surface area contributed by atoms with Crippen molar-refractivity contribution in [3.63, 3.8) is 0 Å². The molecule has 3 N–H and O–H groups in total. The van der Waals surface area contributed by atoms with E-state index in [0.29, 0.717) is 17.5 Å². The van der Waals surface area contributed by atoms with Crippen LogP contribution in [0.1, 0.15) is 63.9 Å². The highest BCUT2D eigenvalue weighted by Crippen LogP contribution is 2.72. The Bertz CT molecular complexity index is 695. The van der Waals surface area contributed by atoms with Crippen molar-refractivity contribution in [3.8, 4) is 0 Å². The van der Waals surface area contributed by atoms with Crippen molar-refractivity contribution < 1.29 is 0 Å². The van der Waals surface area contributed by atoms with Crippen LogP contribution in [0.5, 0.6) is 0 Å². The molecule has 140 valence electrons. The maximum absolute atomic E-state index is 6.14. The van der Waals surface area contributed by atoms with Crippen molar-refractivity contribution >= 4 is 17.2 Å². The Hall–Kier alpha value is -0.930. The summed E-state index contributed by atoms with van der Waals surface area (Å²) in [6.07, 6.45) is 9.96. The van der Waals surface area contributed by atoms with E-state index in [9.17, 15) is 0 Å². The summed E-state index contributed by atoms with van der Waals surface area (Å²) in [7, 11) is 0. The fraction of sp³-hybridized carbons (Fsp3) is 0.696. The summed E-state index contributed by atoms with van der Waals surface area (Å²) in [6.45, 7) is 2.50. The van der Waals surface area contributed by atoms with Crippen LogP contribution in [-0.2, 0) is 5.41 Å². The summed E-state index contributed by atoms with van der Waals surface area (Å²) in [4.78, 5) is 1.20. The van der Waals surface area contributed by atoms with Gasteiger partial charge in [-0.2, -0.15) is 0 Å². The minimum absolute atomic E-state index is 0.257. The number of hydrogen-bond donors (Lipinski definition) is 2. The molecule has 2 nitrogen and oxygen atoms in total. The van der Waals surface area contributed by atoms with Gasteiger partial charge in [0.2, 0.25) is 0 Å². The zero-order chi connectivity index (χ0) is 17.9. The Morgan fingerprint density at radius 1 is 1.08 bits per heavy atom. The van der Waals surface area contributed by atoms with E-state index in [1.165, 1.54) is 43.5 Å². The van der Waals surface area contributed by atoms with E-state index >= 15 is 0 Å². The van der Waals surface area contributed by atoms with Crippen molar-refractivity contribution in [2.45, 2.75) is 75.8 Å². The van der Waals surface area contributed by atoms with E-state index in [0.717, 1.165) is 30.6 Å². The van der Waals surface area contributed by atoms with Gasteiger partial charge in [-0.15, -0.1) is 0 Å². The van der Waals surface area contributed by atoms with Crippen molar-refractivity contribution in [1.29, 1.82) is 0 Å². The van der Waals surface area contributed by atoms with Crippen LogP contribution >= 0.6 is 12.2 Å². The summed E-state index contributed by atoms with van der Waals surface area (Å²) in [5, 5.41) is 3.85. The molecule has 5 fully saturated rings. The molecule has 0 spiro atoms. The second-order valence-electron chi connectivity index (χ2n) is 9.90. The van der Waals surface area contributed by atoms with Crippen LogP contribution in [0.2, 0.25) is 0 Å². The van der Waals surface area contributed by atoms with Gasteiger partial charge in [0.1, 0.15) is 0 Å². The lowest BCUT2D eigenvalue weighted by atomic mass is 9.62. The minimum atomic E-state index is 0.257. The highest BCUT2D eigenvalue weighted by atomic mass is 32.1. The van der Waals surface area contributed by atoms with Crippen LogP contribution in [0.3, 0.4) is 0 Å². The largest absolute Gasteiger partial charge is 0.376 e. The predicted octanol–water partition coefficient (Wildman–Crippen LogP) is 4.57. The van der Waals surface area contributed by atoms with E-state index in [2.05, 4.69) is 42.6 Å². The summed E-state index contributed by atoms with van der Waals surface area (Å²) in [5.74, 6) is 2.45. The smallest absolute Gasteiger partial charge is 0.0821 e. The van der Waals surface area contributed by atoms with E-state index in [1.807, 2.05) is 0 Å². The second kappa shape index (κ2) is 6.04. The van der Waals surface area contributed by atoms with Crippen LogP contribution in [-0.4, -0.2) is 17.1 Å². The first-order valence-corrected chi connectivity index (χ1v) is 11.1. The first-order chi connectivity index (χ1) is 12.5. The van der Waals surface area contributed by atoms with Crippen LogP contribution in [0, 0.1) is 23.2 Å². The predicted molar refractivity (Wildman–Crippen MR) is 111 cm³/mol. The van der Waals surface area contributed by atoms with Gasteiger partial charge in [0.05, 0.1) is 4.99 Å². The molecule has 0 amide bonds. The number of nitrogens with one attached hydrogen (secondary N) is 1. The molecule has 5 aliphatic carbocycles. The molecule has 5 aliphatic rings. The second-order valence-corrected chi connectivity index (χ2v) is 10.3. The third-order valence-corrected chi connectivity index (χ3v) is 9.10. The molecule has 6 rings (SSSR count). The van der Waals surface area contributed by atoms with E-state index in [-0.39, 0.29) is 5.41 Å². The van der Waals surface area contributed by atoms with Crippen LogP contribution < -0.4 is 11.1 Å². The van der Waals surface area contributed by atoms with Gasteiger partial charge in [-0.3, -0.25) is 0 Å². The molecular formula is C23H32N2S. The third kappa shape index (κ3) is 2.43. The Morgan fingerprint density at radius 3 is 2.54 bits per heavy atom. The summed E-state index contributed by atoms with van der Waals surface area (Å²) in [6, 6.07) is 12.3. The number of thiocarbonyl (C=S) groups is 1. The van der Waals surface area contributed by atoms with Crippen LogP contribution in [0.25, 0.3) is 0 Å². The zero-order valence-electron chi connectivity index (χ0n) is 15.9. The number of nitrogens with two attached hydrogens (primary N) is 1. The SMILES string of the molecule is CC1C2CC3(c4ccccc4)CC1C(C(=S)NC1CCC(N)CC1)(C2)C3. The molecule has 0 radical (unpaired) electrons. The first kappa shape index (κ1) is 17.2.